The minimum Gasteiger partial charge on any atom is -0.481 e. The number of rotatable bonds is 29. The third-order valence-corrected chi connectivity index (χ3v) is 7.59. The van der Waals surface area contributed by atoms with Crippen molar-refractivity contribution in [2.24, 2.45) is 0 Å². The van der Waals surface area contributed by atoms with E-state index in [9.17, 15) is 24.6 Å². The number of hydrogen-bond donors (Lipinski definition) is 3. The molecule has 2 atom stereocenters. The molecule has 230 valence electrons. The lowest BCUT2D eigenvalue weighted by Gasteiger charge is -2.23. The van der Waals surface area contributed by atoms with Gasteiger partial charge >= 0.3 is 17.9 Å². The molecule has 0 aliphatic carbocycles. The van der Waals surface area contributed by atoms with Gasteiger partial charge in [-0.15, -0.1) is 0 Å². The van der Waals surface area contributed by atoms with Gasteiger partial charge in [0.25, 0.3) is 0 Å². The smallest absolute Gasteiger partial charge is 0.336 e. The lowest BCUT2D eigenvalue weighted by atomic mass is 9.95. The van der Waals surface area contributed by atoms with Crippen molar-refractivity contribution in [2.75, 3.05) is 0 Å². The fourth-order valence-electron chi connectivity index (χ4n) is 5.09. The molecule has 3 N–H and O–H groups in total. The molecule has 0 saturated heterocycles. The predicted molar refractivity (Wildman–Crippen MR) is 157 cm³/mol. The first-order valence-electron chi connectivity index (χ1n) is 16.1. The molecule has 0 aromatic rings. The molecule has 0 aliphatic heterocycles. The molecule has 0 bridgehead atoms. The van der Waals surface area contributed by atoms with Crippen LogP contribution in [0.5, 0.6) is 0 Å². The van der Waals surface area contributed by atoms with E-state index in [1.807, 2.05) is 0 Å². The number of hydrogen-bond acceptors (Lipinski definition) is 5. The Kier molecular flexibility index (Phi) is 24.3. The quantitative estimate of drug-likeness (QED) is 0.0623. The van der Waals surface area contributed by atoms with Gasteiger partial charge < -0.3 is 20.1 Å². The average Bonchev–Trinajstić information content (AvgIpc) is 2.87. The highest BCUT2D eigenvalue weighted by atomic mass is 16.5. The van der Waals surface area contributed by atoms with E-state index in [2.05, 4.69) is 13.8 Å². The zero-order valence-corrected chi connectivity index (χ0v) is 25.2. The van der Waals surface area contributed by atoms with Crippen LogP contribution in [0.3, 0.4) is 0 Å². The molecule has 0 aromatic heterocycles. The van der Waals surface area contributed by atoms with Gasteiger partial charge in [0.05, 0.1) is 12.8 Å². The minimum atomic E-state index is -2.65. The van der Waals surface area contributed by atoms with E-state index in [0.717, 1.165) is 38.5 Å². The minimum absolute atomic E-state index is 0.326. The average molecular weight is 557 g/mol. The highest BCUT2D eigenvalue weighted by molar-refractivity contribution is 5.88. The molecule has 0 spiro atoms. The maximum Gasteiger partial charge on any atom is 0.336 e. The molecule has 0 rings (SSSR count). The monoisotopic (exact) mass is 556 g/mol. The molecule has 39 heavy (non-hydrogen) atoms. The highest BCUT2D eigenvalue weighted by Gasteiger charge is 2.41. The summed E-state index contributed by atoms with van der Waals surface area (Å²) in [5, 5.41) is 28.4. The van der Waals surface area contributed by atoms with Crippen LogP contribution in [0, 0.1) is 0 Å². The van der Waals surface area contributed by atoms with Gasteiger partial charge in [0.2, 0.25) is 0 Å². The maximum absolute atomic E-state index is 12.5. The summed E-state index contributed by atoms with van der Waals surface area (Å²) in [7, 11) is 0. The van der Waals surface area contributed by atoms with Gasteiger partial charge in [0.1, 0.15) is 6.10 Å². The maximum atomic E-state index is 12.5. The van der Waals surface area contributed by atoms with E-state index >= 15 is 0 Å². The van der Waals surface area contributed by atoms with Crippen LogP contribution >= 0.6 is 0 Å². The van der Waals surface area contributed by atoms with Crippen molar-refractivity contribution in [3.05, 3.63) is 0 Å². The van der Waals surface area contributed by atoms with Crippen molar-refractivity contribution in [3.63, 3.8) is 0 Å². The first-order valence-corrected chi connectivity index (χ1v) is 16.1. The number of carbonyl (C=O) groups excluding carboxylic acids is 1. The van der Waals surface area contributed by atoms with Crippen molar-refractivity contribution in [3.8, 4) is 0 Å². The molecule has 0 amide bonds. The number of carbonyl (C=O) groups is 3. The molecule has 0 saturated carbocycles. The van der Waals surface area contributed by atoms with Gasteiger partial charge in [0.15, 0.2) is 5.60 Å². The van der Waals surface area contributed by atoms with E-state index in [0.29, 0.717) is 12.8 Å². The zero-order valence-electron chi connectivity index (χ0n) is 25.2. The van der Waals surface area contributed by atoms with Gasteiger partial charge in [-0.05, 0) is 25.7 Å². The number of aliphatic carboxylic acids is 2. The number of esters is 1. The summed E-state index contributed by atoms with van der Waals surface area (Å²) in [5.41, 5.74) is -2.65. The van der Waals surface area contributed by atoms with Gasteiger partial charge in [-0.25, -0.2) is 4.79 Å². The van der Waals surface area contributed by atoms with Crippen LogP contribution in [0.2, 0.25) is 0 Å². The molecular weight excluding hydrogens is 496 g/mol. The van der Waals surface area contributed by atoms with E-state index in [-0.39, 0.29) is 6.10 Å². The fraction of sp³-hybridized carbons (Fsp3) is 0.906. The van der Waals surface area contributed by atoms with Gasteiger partial charge in [-0.1, -0.05) is 136 Å². The Labute approximate surface area is 238 Å². The molecule has 0 fully saturated rings. The van der Waals surface area contributed by atoms with Crippen molar-refractivity contribution in [1.29, 1.82) is 0 Å². The Morgan fingerprint density at radius 3 is 1.21 bits per heavy atom. The molecule has 0 heterocycles. The van der Waals surface area contributed by atoms with Crippen LogP contribution in [-0.2, 0) is 19.1 Å². The van der Waals surface area contributed by atoms with Crippen LogP contribution in [-0.4, -0.2) is 44.9 Å². The summed E-state index contributed by atoms with van der Waals surface area (Å²) in [5.74, 6) is -4.05. The predicted octanol–water partition coefficient (Wildman–Crippen LogP) is 8.59. The molecular formula is C32H60O7. The standard InChI is InChI=1S/C32H60O7/c1-3-5-7-9-11-13-15-17-19-21-23-25-28(24-22-20-18-16-14-12-10-8-6-4-2)39-30(35)27-32(38,31(36)37)26-29(33)34/h28,38H,3-27H2,1-2H3,(H,33,34)(H,36,37). The summed E-state index contributed by atoms with van der Waals surface area (Å²) in [4.78, 5) is 34.9. The van der Waals surface area contributed by atoms with Crippen LogP contribution in [0.25, 0.3) is 0 Å². The summed E-state index contributed by atoms with van der Waals surface area (Å²) < 4.78 is 5.60. The number of carboxylic acid groups (broad SMARTS) is 2. The SMILES string of the molecule is CCCCCCCCCCCCCC(CCCCCCCCCCCC)OC(=O)CC(O)(CC(=O)O)C(=O)O. The molecule has 7 heteroatoms. The molecule has 2 unspecified atom stereocenters. The van der Waals surface area contributed by atoms with E-state index < -0.39 is 36.4 Å². The van der Waals surface area contributed by atoms with Gasteiger partial charge in [0, 0.05) is 0 Å². The second-order valence-electron chi connectivity index (χ2n) is 11.5. The van der Waals surface area contributed by atoms with Crippen molar-refractivity contribution in [1.82, 2.24) is 0 Å². The van der Waals surface area contributed by atoms with E-state index in [4.69, 9.17) is 9.84 Å². The Bertz CT molecular complexity index is 622. The Balaban J connectivity index is 4.45. The molecule has 0 aliphatic rings. The lowest BCUT2D eigenvalue weighted by molar-refractivity contribution is -0.173. The molecule has 7 nitrogen and oxygen atoms in total. The Morgan fingerprint density at radius 1 is 0.564 bits per heavy atom. The Hall–Kier alpha value is -1.63. The largest absolute Gasteiger partial charge is 0.481 e. The normalized spacial score (nSPS) is 13.6. The van der Waals surface area contributed by atoms with Crippen LogP contribution in [0.1, 0.15) is 174 Å². The summed E-state index contributed by atoms with van der Waals surface area (Å²) in [6, 6.07) is 0. The van der Waals surface area contributed by atoms with E-state index in [1.54, 1.807) is 0 Å². The summed E-state index contributed by atoms with van der Waals surface area (Å²) >= 11 is 0. The second-order valence-corrected chi connectivity index (χ2v) is 11.5. The molecule has 0 aromatic carbocycles. The summed E-state index contributed by atoms with van der Waals surface area (Å²) in [6.45, 7) is 4.46. The van der Waals surface area contributed by atoms with Crippen molar-refractivity contribution >= 4 is 17.9 Å². The van der Waals surface area contributed by atoms with Gasteiger partial charge in [-0.2, -0.15) is 0 Å². The topological polar surface area (TPSA) is 121 Å². The third-order valence-electron chi connectivity index (χ3n) is 7.59. The number of unbranched alkanes of at least 4 members (excludes halogenated alkanes) is 19. The van der Waals surface area contributed by atoms with Crippen molar-refractivity contribution in [2.45, 2.75) is 186 Å². The van der Waals surface area contributed by atoms with Crippen LogP contribution < -0.4 is 0 Å². The fourth-order valence-corrected chi connectivity index (χ4v) is 5.09. The van der Waals surface area contributed by atoms with Crippen LogP contribution in [0.4, 0.5) is 0 Å². The number of carboxylic acids is 2. The third kappa shape index (κ3) is 22.8. The highest BCUT2D eigenvalue weighted by Crippen LogP contribution is 2.22. The first kappa shape index (κ1) is 37.4. The lowest BCUT2D eigenvalue weighted by Crippen LogP contribution is -2.43. The van der Waals surface area contributed by atoms with Crippen molar-refractivity contribution < 1.29 is 34.4 Å². The zero-order chi connectivity index (χ0) is 29.2. The number of ether oxygens (including phenoxy) is 1. The first-order chi connectivity index (χ1) is 18.7. The van der Waals surface area contributed by atoms with Crippen LogP contribution in [0.15, 0.2) is 0 Å². The Morgan fingerprint density at radius 2 is 0.897 bits per heavy atom. The molecule has 0 radical (unpaired) electrons. The number of aliphatic hydroxyl groups is 1. The van der Waals surface area contributed by atoms with Gasteiger partial charge in [-0.3, -0.25) is 9.59 Å². The van der Waals surface area contributed by atoms with E-state index in [1.165, 1.54) is 96.3 Å². The second kappa shape index (κ2) is 25.3. The summed E-state index contributed by atoms with van der Waals surface area (Å²) in [6.07, 6.45) is 24.9.